The predicted octanol–water partition coefficient (Wildman–Crippen LogP) is 7.96. The summed E-state index contributed by atoms with van der Waals surface area (Å²) in [6.45, 7) is 0. The molecular formula is C31H21NO. The summed E-state index contributed by atoms with van der Waals surface area (Å²) in [6.07, 6.45) is 0. The molecule has 2 aliphatic rings. The van der Waals surface area contributed by atoms with Crippen molar-refractivity contribution in [3.8, 4) is 11.5 Å². The van der Waals surface area contributed by atoms with Crippen LogP contribution < -0.4 is 9.64 Å². The maximum absolute atomic E-state index is 6.43. The standard InChI is InChI=1S/C31H21NO/c1-2-12-22(13-3-1)32-27-18-8-4-14-23(27)31(24-15-5-9-19-28(24)32)25-16-6-10-20-29(25)33-30-21-11-7-17-26(30)31/h1-21H. The second-order valence-corrected chi connectivity index (χ2v) is 8.55. The van der Waals surface area contributed by atoms with E-state index in [1.807, 2.05) is 0 Å². The van der Waals surface area contributed by atoms with Gasteiger partial charge in [0.15, 0.2) is 0 Å². The van der Waals surface area contributed by atoms with Crippen LogP contribution in [-0.4, -0.2) is 0 Å². The molecule has 0 aliphatic carbocycles. The Morgan fingerprint density at radius 1 is 0.424 bits per heavy atom. The number of anilines is 3. The lowest BCUT2D eigenvalue weighted by Gasteiger charge is -2.48. The molecule has 1 spiro atoms. The van der Waals surface area contributed by atoms with E-state index in [9.17, 15) is 0 Å². The van der Waals surface area contributed by atoms with Gasteiger partial charge in [0.2, 0.25) is 0 Å². The lowest BCUT2D eigenvalue weighted by atomic mass is 9.61. The number of hydrogen-bond acceptors (Lipinski definition) is 2. The Hall–Kier alpha value is -4.30. The minimum Gasteiger partial charge on any atom is -0.457 e. The zero-order valence-electron chi connectivity index (χ0n) is 18.0. The van der Waals surface area contributed by atoms with E-state index in [-0.39, 0.29) is 0 Å². The molecule has 0 atom stereocenters. The Morgan fingerprint density at radius 2 is 0.848 bits per heavy atom. The molecule has 0 bridgehead atoms. The van der Waals surface area contributed by atoms with Crippen molar-refractivity contribution in [1.82, 2.24) is 0 Å². The van der Waals surface area contributed by atoms with Crippen molar-refractivity contribution in [2.45, 2.75) is 5.41 Å². The monoisotopic (exact) mass is 423 g/mol. The largest absolute Gasteiger partial charge is 0.457 e. The second-order valence-electron chi connectivity index (χ2n) is 8.55. The van der Waals surface area contributed by atoms with Crippen LogP contribution in [0.1, 0.15) is 22.3 Å². The summed E-state index contributed by atoms with van der Waals surface area (Å²) >= 11 is 0. The number of benzene rings is 5. The van der Waals surface area contributed by atoms with Gasteiger partial charge in [-0.05, 0) is 47.5 Å². The van der Waals surface area contributed by atoms with E-state index in [0.717, 1.165) is 17.2 Å². The Balaban J connectivity index is 1.67. The summed E-state index contributed by atoms with van der Waals surface area (Å²) in [5, 5.41) is 0. The smallest absolute Gasteiger partial charge is 0.132 e. The molecule has 2 nitrogen and oxygen atoms in total. The molecule has 0 unspecified atom stereocenters. The molecule has 0 saturated carbocycles. The fourth-order valence-electron chi connectivity index (χ4n) is 5.68. The Kier molecular flexibility index (Phi) is 3.80. The summed E-state index contributed by atoms with van der Waals surface area (Å²) < 4.78 is 6.43. The van der Waals surface area contributed by atoms with Gasteiger partial charge in [-0.2, -0.15) is 0 Å². The van der Waals surface area contributed by atoms with Gasteiger partial charge in [0, 0.05) is 16.8 Å². The first kappa shape index (κ1) is 18.3. The highest BCUT2D eigenvalue weighted by Crippen LogP contribution is 2.62. The highest BCUT2D eigenvalue weighted by Gasteiger charge is 2.50. The van der Waals surface area contributed by atoms with Crippen LogP contribution >= 0.6 is 0 Å². The zero-order valence-corrected chi connectivity index (χ0v) is 18.0. The maximum atomic E-state index is 6.43. The van der Waals surface area contributed by atoms with Crippen LogP contribution in [0.2, 0.25) is 0 Å². The highest BCUT2D eigenvalue weighted by atomic mass is 16.5. The highest BCUT2D eigenvalue weighted by molar-refractivity contribution is 5.90. The van der Waals surface area contributed by atoms with Gasteiger partial charge in [-0.1, -0.05) is 91.0 Å². The molecule has 0 amide bonds. The van der Waals surface area contributed by atoms with E-state index in [4.69, 9.17) is 4.74 Å². The summed E-state index contributed by atoms with van der Waals surface area (Å²) in [5.41, 5.74) is 7.94. The summed E-state index contributed by atoms with van der Waals surface area (Å²) in [4.78, 5) is 2.39. The molecule has 0 saturated heterocycles. The first-order valence-corrected chi connectivity index (χ1v) is 11.3. The molecule has 156 valence electrons. The van der Waals surface area contributed by atoms with Gasteiger partial charge >= 0.3 is 0 Å². The van der Waals surface area contributed by atoms with Gasteiger partial charge in [0.1, 0.15) is 11.5 Å². The minimum atomic E-state index is -0.468. The maximum Gasteiger partial charge on any atom is 0.132 e. The van der Waals surface area contributed by atoms with Crippen LogP contribution in [0.15, 0.2) is 127 Å². The normalized spacial score (nSPS) is 14.5. The topological polar surface area (TPSA) is 12.5 Å². The molecular weight excluding hydrogens is 402 g/mol. The van der Waals surface area contributed by atoms with Crippen LogP contribution in [0.4, 0.5) is 17.1 Å². The van der Waals surface area contributed by atoms with E-state index in [1.54, 1.807) is 0 Å². The molecule has 2 heterocycles. The summed E-state index contributed by atoms with van der Waals surface area (Å²) in [7, 11) is 0. The Morgan fingerprint density at radius 3 is 1.39 bits per heavy atom. The second kappa shape index (κ2) is 6.85. The van der Waals surface area contributed by atoms with Gasteiger partial charge < -0.3 is 9.64 Å². The van der Waals surface area contributed by atoms with Crippen molar-refractivity contribution in [3.63, 3.8) is 0 Å². The number of ether oxygens (including phenoxy) is 1. The average molecular weight is 424 g/mol. The van der Waals surface area contributed by atoms with Crippen LogP contribution in [0, 0.1) is 0 Å². The van der Waals surface area contributed by atoms with Crippen molar-refractivity contribution >= 4 is 17.1 Å². The first-order chi connectivity index (χ1) is 16.4. The molecule has 2 aliphatic heterocycles. The Labute approximate surface area is 193 Å². The Bertz CT molecular complexity index is 1410. The van der Waals surface area contributed by atoms with Crippen LogP contribution in [-0.2, 0) is 5.41 Å². The van der Waals surface area contributed by atoms with Crippen molar-refractivity contribution < 1.29 is 4.74 Å². The molecule has 33 heavy (non-hydrogen) atoms. The van der Waals surface area contributed by atoms with E-state index in [1.165, 1.54) is 33.6 Å². The molecule has 0 fully saturated rings. The van der Waals surface area contributed by atoms with E-state index < -0.39 is 5.41 Å². The third-order valence-corrected chi connectivity index (χ3v) is 6.91. The zero-order chi connectivity index (χ0) is 21.8. The lowest BCUT2D eigenvalue weighted by Crippen LogP contribution is -2.39. The predicted molar refractivity (Wildman–Crippen MR) is 133 cm³/mol. The molecule has 5 aromatic carbocycles. The molecule has 7 rings (SSSR count). The number of nitrogens with zero attached hydrogens (tertiary/aromatic N) is 1. The SMILES string of the molecule is c1ccc(N2c3ccccc3C3(c4ccccc4Oc4ccccc43)c3ccccc32)cc1. The summed E-state index contributed by atoms with van der Waals surface area (Å²) in [5.74, 6) is 1.82. The van der Waals surface area contributed by atoms with Gasteiger partial charge in [-0.3, -0.25) is 0 Å². The molecule has 5 aromatic rings. The fraction of sp³-hybridized carbons (Fsp3) is 0.0323. The molecule has 0 N–H and O–H groups in total. The van der Waals surface area contributed by atoms with Crippen LogP contribution in [0.5, 0.6) is 11.5 Å². The van der Waals surface area contributed by atoms with Crippen molar-refractivity contribution in [2.24, 2.45) is 0 Å². The van der Waals surface area contributed by atoms with E-state index in [0.29, 0.717) is 0 Å². The number of para-hydroxylation sites is 5. The van der Waals surface area contributed by atoms with Crippen molar-refractivity contribution in [3.05, 3.63) is 150 Å². The van der Waals surface area contributed by atoms with Crippen LogP contribution in [0.3, 0.4) is 0 Å². The van der Waals surface area contributed by atoms with E-state index in [2.05, 4.69) is 132 Å². The van der Waals surface area contributed by atoms with Gasteiger partial charge in [0.05, 0.1) is 16.8 Å². The van der Waals surface area contributed by atoms with Crippen molar-refractivity contribution in [1.29, 1.82) is 0 Å². The van der Waals surface area contributed by atoms with Gasteiger partial charge in [-0.15, -0.1) is 0 Å². The van der Waals surface area contributed by atoms with Crippen LogP contribution in [0.25, 0.3) is 0 Å². The fourth-order valence-corrected chi connectivity index (χ4v) is 5.68. The van der Waals surface area contributed by atoms with Crippen molar-refractivity contribution in [2.75, 3.05) is 4.90 Å². The molecule has 2 heteroatoms. The van der Waals surface area contributed by atoms with Gasteiger partial charge in [0.25, 0.3) is 0 Å². The number of rotatable bonds is 1. The summed E-state index contributed by atoms with van der Waals surface area (Å²) in [6, 6.07) is 45.2. The molecule has 0 radical (unpaired) electrons. The molecule has 0 aromatic heterocycles. The quantitative estimate of drug-likeness (QED) is 0.266. The lowest BCUT2D eigenvalue weighted by molar-refractivity contribution is 0.434. The van der Waals surface area contributed by atoms with E-state index >= 15 is 0 Å². The number of hydrogen-bond donors (Lipinski definition) is 0. The first-order valence-electron chi connectivity index (χ1n) is 11.3. The third-order valence-electron chi connectivity index (χ3n) is 6.91. The minimum absolute atomic E-state index is 0.468. The van der Waals surface area contributed by atoms with Gasteiger partial charge in [-0.25, -0.2) is 0 Å². The third kappa shape index (κ3) is 2.38. The number of fused-ring (bicyclic) bond motifs is 8. The average Bonchev–Trinajstić information content (AvgIpc) is 2.89.